The number of tetrazole rings is 1. The molecule has 0 atom stereocenters. The van der Waals surface area contributed by atoms with Gasteiger partial charge in [-0.1, -0.05) is 6.07 Å². The highest BCUT2D eigenvalue weighted by Crippen LogP contribution is 2.30. The SMILES string of the molecule is CC(=O)c1nnnn1S.CNCC(=O)N(C)c1ccc2c(c1)N(C)CC2. The van der Waals surface area contributed by atoms with E-state index >= 15 is 0 Å². The Morgan fingerprint density at radius 2 is 2.12 bits per heavy atom. The van der Waals surface area contributed by atoms with Crippen molar-refractivity contribution in [1.29, 1.82) is 0 Å². The standard InChI is InChI=1S/C13H19N3O.C3H4N4OS/c1-14-9-13(17)16(3)11-5-4-10-6-7-15(2)12(10)8-11;1-2(8)3-4-5-6-7(3)9/h4-5,8,14H,6-7,9H2,1-3H3;9H,1H3. The fourth-order valence-electron chi connectivity index (χ4n) is 2.54. The molecule has 140 valence electrons. The minimum Gasteiger partial charge on any atom is -0.374 e. The van der Waals surface area contributed by atoms with Crippen molar-refractivity contribution in [3.63, 3.8) is 0 Å². The van der Waals surface area contributed by atoms with Crippen molar-refractivity contribution in [2.75, 3.05) is 44.0 Å². The zero-order chi connectivity index (χ0) is 19.3. The van der Waals surface area contributed by atoms with Crippen molar-refractivity contribution in [2.45, 2.75) is 13.3 Å². The van der Waals surface area contributed by atoms with E-state index in [1.165, 1.54) is 18.2 Å². The molecule has 10 heteroatoms. The predicted octanol–water partition coefficient (Wildman–Crippen LogP) is 0.430. The van der Waals surface area contributed by atoms with Crippen LogP contribution in [0.5, 0.6) is 0 Å². The molecule has 2 heterocycles. The Kier molecular flexibility index (Phi) is 6.70. The van der Waals surface area contributed by atoms with E-state index in [9.17, 15) is 9.59 Å². The number of benzene rings is 1. The van der Waals surface area contributed by atoms with Gasteiger partial charge in [-0.25, -0.2) is 0 Å². The van der Waals surface area contributed by atoms with Gasteiger partial charge in [-0.05, 0) is 54.4 Å². The second kappa shape index (κ2) is 8.77. The molecule has 1 aromatic carbocycles. The van der Waals surface area contributed by atoms with Crippen molar-refractivity contribution >= 4 is 35.9 Å². The molecule has 0 fully saturated rings. The fourth-order valence-corrected chi connectivity index (χ4v) is 2.76. The molecule has 1 N–H and O–H groups in total. The number of carbonyl (C=O) groups excluding carboxylic acids is 2. The first-order valence-corrected chi connectivity index (χ1v) is 8.49. The number of carbonyl (C=O) groups is 2. The van der Waals surface area contributed by atoms with Gasteiger partial charge in [0, 0.05) is 38.9 Å². The molecule has 0 saturated carbocycles. The number of hydrogen-bond acceptors (Lipinski definition) is 8. The molecule has 26 heavy (non-hydrogen) atoms. The maximum absolute atomic E-state index is 11.8. The lowest BCUT2D eigenvalue weighted by atomic mass is 10.1. The van der Waals surface area contributed by atoms with Gasteiger partial charge in [0.25, 0.3) is 0 Å². The number of thiol groups is 1. The molecule has 0 unspecified atom stereocenters. The zero-order valence-corrected chi connectivity index (χ0v) is 16.2. The van der Waals surface area contributed by atoms with E-state index in [1.54, 1.807) is 11.9 Å². The third kappa shape index (κ3) is 4.58. The number of aromatic nitrogens is 4. The van der Waals surface area contributed by atoms with Crippen molar-refractivity contribution in [1.82, 2.24) is 24.9 Å². The summed E-state index contributed by atoms with van der Waals surface area (Å²) in [7, 11) is 5.68. The molecule has 1 aromatic heterocycles. The first-order valence-electron chi connectivity index (χ1n) is 8.09. The van der Waals surface area contributed by atoms with Gasteiger partial charge < -0.3 is 15.1 Å². The van der Waals surface area contributed by atoms with Crippen LogP contribution in [0.4, 0.5) is 11.4 Å². The summed E-state index contributed by atoms with van der Waals surface area (Å²) in [6, 6.07) is 6.23. The number of amides is 1. The van der Waals surface area contributed by atoms with Crippen LogP contribution >= 0.6 is 12.8 Å². The number of ketones is 1. The molecule has 0 spiro atoms. The van der Waals surface area contributed by atoms with Gasteiger partial charge in [0.1, 0.15) is 0 Å². The van der Waals surface area contributed by atoms with Gasteiger partial charge in [-0.15, -0.1) is 5.10 Å². The number of likely N-dealkylation sites (N-methyl/N-ethyl adjacent to an activating group) is 3. The van der Waals surface area contributed by atoms with Crippen LogP contribution in [-0.2, 0) is 11.2 Å². The van der Waals surface area contributed by atoms with Crippen LogP contribution in [0.15, 0.2) is 18.2 Å². The van der Waals surface area contributed by atoms with E-state index in [-0.39, 0.29) is 17.5 Å². The van der Waals surface area contributed by atoms with Crippen molar-refractivity contribution < 1.29 is 9.59 Å². The number of nitrogens with zero attached hydrogens (tertiary/aromatic N) is 6. The van der Waals surface area contributed by atoms with Gasteiger partial charge in [0.2, 0.25) is 11.7 Å². The van der Waals surface area contributed by atoms with Crippen LogP contribution in [-0.4, -0.2) is 65.5 Å². The molecule has 1 amide bonds. The minimum atomic E-state index is -0.199. The number of fused-ring (bicyclic) bond motifs is 1. The molecule has 0 aliphatic carbocycles. The maximum atomic E-state index is 11.8. The molecule has 2 aromatic rings. The number of hydrogen-bond donors (Lipinski definition) is 2. The van der Waals surface area contributed by atoms with Gasteiger partial charge in [-0.2, -0.15) is 4.09 Å². The number of anilines is 2. The molecule has 3 rings (SSSR count). The maximum Gasteiger partial charge on any atom is 0.240 e. The summed E-state index contributed by atoms with van der Waals surface area (Å²) in [6.45, 7) is 2.80. The normalized spacial score (nSPS) is 12.3. The zero-order valence-electron chi connectivity index (χ0n) is 15.3. The van der Waals surface area contributed by atoms with Crippen molar-refractivity contribution in [3.05, 3.63) is 29.6 Å². The molecule has 0 radical (unpaired) electrons. The molecular formula is C16H23N7O2S. The summed E-state index contributed by atoms with van der Waals surface area (Å²) in [5.74, 6) is 0.0291. The third-order valence-electron chi connectivity index (χ3n) is 4.05. The first kappa shape index (κ1) is 19.9. The van der Waals surface area contributed by atoms with Gasteiger partial charge in [0.15, 0.2) is 5.78 Å². The van der Waals surface area contributed by atoms with Gasteiger partial charge >= 0.3 is 0 Å². The lowest BCUT2D eigenvalue weighted by Gasteiger charge is -2.20. The third-order valence-corrected chi connectivity index (χ3v) is 4.32. The summed E-state index contributed by atoms with van der Waals surface area (Å²) in [6.07, 6.45) is 1.10. The minimum absolute atomic E-state index is 0.0769. The van der Waals surface area contributed by atoms with Crippen LogP contribution in [0.1, 0.15) is 23.1 Å². The van der Waals surface area contributed by atoms with Crippen LogP contribution in [0, 0.1) is 0 Å². The lowest BCUT2D eigenvalue weighted by Crippen LogP contribution is -2.34. The number of nitrogens with one attached hydrogen (secondary N) is 1. The summed E-state index contributed by atoms with van der Waals surface area (Å²) >= 11 is 3.75. The first-order chi connectivity index (χ1) is 12.3. The second-order valence-electron chi connectivity index (χ2n) is 5.92. The van der Waals surface area contributed by atoms with Crippen molar-refractivity contribution in [2.24, 2.45) is 0 Å². The van der Waals surface area contributed by atoms with E-state index in [0.29, 0.717) is 6.54 Å². The van der Waals surface area contributed by atoms with Gasteiger partial charge in [0.05, 0.1) is 6.54 Å². The van der Waals surface area contributed by atoms with Crippen LogP contribution < -0.4 is 15.1 Å². The highest BCUT2D eigenvalue weighted by Gasteiger charge is 2.18. The summed E-state index contributed by atoms with van der Waals surface area (Å²) in [4.78, 5) is 26.2. The summed E-state index contributed by atoms with van der Waals surface area (Å²) in [5, 5.41) is 12.8. The Morgan fingerprint density at radius 1 is 1.38 bits per heavy atom. The Bertz CT molecular complexity index is 793. The van der Waals surface area contributed by atoms with E-state index in [2.05, 4.69) is 57.7 Å². The molecule has 0 saturated heterocycles. The summed E-state index contributed by atoms with van der Waals surface area (Å²) < 4.78 is 1.03. The summed E-state index contributed by atoms with van der Waals surface area (Å²) in [5.41, 5.74) is 3.56. The van der Waals surface area contributed by atoms with E-state index in [0.717, 1.165) is 22.7 Å². The lowest BCUT2D eigenvalue weighted by molar-refractivity contribution is -0.117. The van der Waals surface area contributed by atoms with Crippen LogP contribution in [0.25, 0.3) is 0 Å². The molecule has 9 nitrogen and oxygen atoms in total. The molecular weight excluding hydrogens is 354 g/mol. The van der Waals surface area contributed by atoms with Gasteiger partial charge in [-0.3, -0.25) is 9.59 Å². The van der Waals surface area contributed by atoms with Crippen LogP contribution in [0.3, 0.4) is 0 Å². The van der Waals surface area contributed by atoms with E-state index in [4.69, 9.17) is 0 Å². The Balaban J connectivity index is 0.000000228. The highest BCUT2D eigenvalue weighted by atomic mass is 32.1. The Hall–Kier alpha value is -2.46. The van der Waals surface area contributed by atoms with Crippen LogP contribution in [0.2, 0.25) is 0 Å². The van der Waals surface area contributed by atoms with E-state index < -0.39 is 0 Å². The second-order valence-corrected chi connectivity index (χ2v) is 6.29. The largest absolute Gasteiger partial charge is 0.374 e. The average molecular weight is 377 g/mol. The highest BCUT2D eigenvalue weighted by molar-refractivity contribution is 7.78. The smallest absolute Gasteiger partial charge is 0.240 e. The molecule has 1 aliphatic heterocycles. The van der Waals surface area contributed by atoms with Crippen molar-refractivity contribution in [3.8, 4) is 0 Å². The predicted molar refractivity (Wildman–Crippen MR) is 103 cm³/mol. The van der Waals surface area contributed by atoms with E-state index in [1.807, 2.05) is 13.1 Å². The monoisotopic (exact) mass is 377 g/mol. The number of Topliss-reactive ketones (excluding diaryl/α,β-unsaturated/α-hetero) is 1. The quantitative estimate of drug-likeness (QED) is 0.589. The average Bonchev–Trinajstić information content (AvgIpc) is 3.21. The molecule has 0 bridgehead atoms. The Labute approximate surface area is 157 Å². The molecule has 1 aliphatic rings. The Morgan fingerprint density at radius 3 is 2.65 bits per heavy atom. The number of rotatable bonds is 4. The fraction of sp³-hybridized carbons (Fsp3) is 0.438. The topological polar surface area (TPSA) is 96.2 Å².